The minimum absolute atomic E-state index is 0. The number of hydrogen-bond donors (Lipinski definition) is 4. The van der Waals surface area contributed by atoms with Gasteiger partial charge in [-0.05, 0) is 19.8 Å². The van der Waals surface area contributed by atoms with Gasteiger partial charge >= 0.3 is 5.97 Å². The van der Waals surface area contributed by atoms with Crippen LogP contribution >= 0.6 is 24.8 Å². The molecule has 160 valence electrons. The lowest BCUT2D eigenvalue weighted by atomic mass is 9.93. The quantitative estimate of drug-likeness (QED) is 0.0967. The maximum Gasteiger partial charge on any atom is 0.324 e. The topological polar surface area (TPSA) is 171 Å². The summed E-state index contributed by atoms with van der Waals surface area (Å²) in [5.74, 6) is -3.12. The van der Waals surface area contributed by atoms with Crippen LogP contribution in [0.5, 0.6) is 0 Å². The van der Waals surface area contributed by atoms with E-state index in [9.17, 15) is 19.5 Å². The van der Waals surface area contributed by atoms with Gasteiger partial charge in [0.05, 0.1) is 21.1 Å². The first-order valence-corrected chi connectivity index (χ1v) is 7.87. The van der Waals surface area contributed by atoms with Gasteiger partial charge in [-0.15, -0.1) is 24.8 Å². The van der Waals surface area contributed by atoms with E-state index in [-0.39, 0.29) is 48.2 Å². The summed E-state index contributed by atoms with van der Waals surface area (Å²) >= 11 is 0. The van der Waals surface area contributed by atoms with Gasteiger partial charge in [0.1, 0.15) is 12.6 Å². The number of likely N-dealkylation sites (N-methyl/N-ethyl adjacent to an activating group) is 1. The zero-order valence-corrected chi connectivity index (χ0v) is 17.7. The van der Waals surface area contributed by atoms with Crippen molar-refractivity contribution in [3.8, 4) is 0 Å². The first-order chi connectivity index (χ1) is 11.3. The molecule has 0 saturated heterocycles. The van der Waals surface area contributed by atoms with E-state index >= 15 is 0 Å². The lowest BCUT2D eigenvalue weighted by Crippen LogP contribution is -2.58. The van der Waals surface area contributed by atoms with E-state index in [1.807, 2.05) is 0 Å². The normalized spacial score (nSPS) is 13.8. The molecule has 0 aromatic rings. The van der Waals surface area contributed by atoms with Gasteiger partial charge in [0.2, 0.25) is 5.60 Å². The van der Waals surface area contributed by atoms with Gasteiger partial charge in [-0.25, -0.2) is 0 Å². The van der Waals surface area contributed by atoms with Crippen molar-refractivity contribution in [2.24, 2.45) is 11.5 Å². The van der Waals surface area contributed by atoms with Crippen LogP contribution in [0.15, 0.2) is 0 Å². The molecule has 27 heavy (non-hydrogen) atoms. The fourth-order valence-electron chi connectivity index (χ4n) is 2.36. The number of nitrogens with two attached hydrogens (primary N) is 2. The second-order valence-electron chi connectivity index (χ2n) is 7.06. The van der Waals surface area contributed by atoms with Crippen LogP contribution in [-0.4, -0.2) is 74.0 Å². The van der Waals surface area contributed by atoms with E-state index in [4.69, 9.17) is 21.6 Å². The van der Waals surface area contributed by atoms with Crippen LogP contribution < -0.4 is 21.9 Å². The minimum atomic E-state index is -1.83. The summed E-state index contributed by atoms with van der Waals surface area (Å²) < 4.78 is 5.50. The molecule has 0 bridgehead atoms. The van der Waals surface area contributed by atoms with Crippen molar-refractivity contribution < 1.29 is 28.7 Å². The number of quaternary nitrogens is 1. The Balaban J connectivity index is -0.00000288. The number of carboxylic acids is 1. The number of guanidine groups is 1. The van der Waals surface area contributed by atoms with Crippen LogP contribution in [0.1, 0.15) is 26.2 Å². The molecule has 10 nitrogen and oxygen atoms in total. The lowest BCUT2D eigenvalue weighted by Gasteiger charge is -2.37. The second kappa shape index (κ2) is 12.7. The predicted octanol–water partition coefficient (Wildman–Crippen LogP) is -1.86. The lowest BCUT2D eigenvalue weighted by molar-refractivity contribution is -0.875. The van der Waals surface area contributed by atoms with Crippen molar-refractivity contribution in [2.45, 2.75) is 37.8 Å². The van der Waals surface area contributed by atoms with Gasteiger partial charge in [-0.2, -0.15) is 0 Å². The number of Topliss-reactive ketones (excluding diaryl/α,β-unsaturated/α-hetero) is 1. The summed E-state index contributed by atoms with van der Waals surface area (Å²) in [4.78, 5) is 35.5. The highest BCUT2D eigenvalue weighted by Gasteiger charge is 2.45. The van der Waals surface area contributed by atoms with Crippen LogP contribution in [0.4, 0.5) is 0 Å². The van der Waals surface area contributed by atoms with Gasteiger partial charge in [0.25, 0.3) is 0 Å². The number of nitrogens with zero attached hydrogens (tertiary/aromatic N) is 1. The minimum Gasteiger partial charge on any atom is -0.550 e. The smallest absolute Gasteiger partial charge is 0.324 e. The molecule has 0 rings (SSSR count). The van der Waals surface area contributed by atoms with E-state index < -0.39 is 35.8 Å². The maximum atomic E-state index is 12.3. The third-order valence-electron chi connectivity index (χ3n) is 3.41. The molecule has 12 heteroatoms. The number of aliphatic carboxylic acids is 1. The summed E-state index contributed by atoms with van der Waals surface area (Å²) in [6.07, 6.45) is -0.0657. The third kappa shape index (κ3) is 12.4. The van der Waals surface area contributed by atoms with Crippen molar-refractivity contribution in [3.05, 3.63) is 0 Å². The fraction of sp³-hybridized carbons (Fsp3) is 0.733. The molecular formula is C15H31Cl2N5O5. The SMILES string of the molecule is CC(=O)[C@@](CC(=O)[O-])(C[N+](C)(C)C)OC(=O)[C@@H](N)CCCNC(=N)N.Cl.Cl. The Hall–Kier alpha value is -1.62. The van der Waals surface area contributed by atoms with E-state index in [1.165, 1.54) is 6.92 Å². The standard InChI is InChI=1S/C15H29N5O5.2ClH/c1-10(21)15(8-12(22)23,9-20(2,3)4)25-13(24)11(16)6-5-7-19-14(17)18;;/h11H,5-9,16H2,1-4H3,(H4-,17,18,19,22,23);2*1H/t11-,15+;;/m0../s1. The molecule has 0 aromatic heterocycles. The number of esters is 1. The Morgan fingerprint density at radius 1 is 1.26 bits per heavy atom. The number of hydrogen-bond acceptors (Lipinski definition) is 7. The van der Waals surface area contributed by atoms with Gasteiger partial charge in [0.15, 0.2) is 11.7 Å². The average Bonchev–Trinajstić information content (AvgIpc) is 2.39. The molecule has 2 atom stereocenters. The molecule has 0 radical (unpaired) electrons. The Bertz CT molecular complexity index is 527. The molecule has 0 aliphatic carbocycles. The van der Waals surface area contributed by atoms with Crippen molar-refractivity contribution in [1.29, 1.82) is 5.41 Å². The largest absolute Gasteiger partial charge is 0.550 e. The number of halogens is 2. The number of rotatable bonds is 11. The average molecular weight is 432 g/mol. The van der Waals surface area contributed by atoms with Crippen molar-refractivity contribution in [1.82, 2.24) is 5.32 Å². The van der Waals surface area contributed by atoms with Crippen LogP contribution in [-0.2, 0) is 19.1 Å². The molecule has 0 unspecified atom stereocenters. The maximum absolute atomic E-state index is 12.3. The van der Waals surface area contributed by atoms with Crippen LogP contribution in [0.2, 0.25) is 0 Å². The molecule has 0 heterocycles. The molecule has 0 aliphatic heterocycles. The zero-order chi connectivity index (χ0) is 19.8. The fourth-order valence-corrected chi connectivity index (χ4v) is 2.36. The Morgan fingerprint density at radius 2 is 1.78 bits per heavy atom. The monoisotopic (exact) mass is 431 g/mol. The van der Waals surface area contributed by atoms with Crippen molar-refractivity contribution in [2.75, 3.05) is 34.2 Å². The second-order valence-corrected chi connectivity index (χ2v) is 7.06. The highest BCUT2D eigenvalue weighted by Crippen LogP contribution is 2.22. The first kappa shape index (κ1) is 30.1. The van der Waals surface area contributed by atoms with Crippen LogP contribution in [0.25, 0.3) is 0 Å². The van der Waals surface area contributed by atoms with Crippen molar-refractivity contribution >= 4 is 48.5 Å². The first-order valence-electron chi connectivity index (χ1n) is 7.87. The molecule has 6 N–H and O–H groups in total. The summed E-state index contributed by atoms with van der Waals surface area (Å²) in [7, 11) is 5.23. The van der Waals surface area contributed by atoms with Gasteiger partial charge in [-0.1, -0.05) is 0 Å². The van der Waals surface area contributed by atoms with E-state index in [2.05, 4.69) is 5.32 Å². The van der Waals surface area contributed by atoms with Crippen LogP contribution in [0, 0.1) is 5.41 Å². The van der Waals surface area contributed by atoms with E-state index in [0.717, 1.165) is 0 Å². The number of carbonyl (C=O) groups excluding carboxylic acids is 3. The Kier molecular flexibility index (Phi) is 14.2. The van der Waals surface area contributed by atoms with E-state index in [0.29, 0.717) is 13.0 Å². The third-order valence-corrected chi connectivity index (χ3v) is 3.41. The molecule has 0 aromatic carbocycles. The van der Waals surface area contributed by atoms with Gasteiger partial charge in [0, 0.05) is 18.9 Å². The van der Waals surface area contributed by atoms with E-state index in [1.54, 1.807) is 21.1 Å². The number of ketones is 1. The zero-order valence-electron chi connectivity index (χ0n) is 16.1. The molecule has 0 spiro atoms. The molecule has 0 fully saturated rings. The Morgan fingerprint density at radius 3 is 2.15 bits per heavy atom. The summed E-state index contributed by atoms with van der Waals surface area (Å²) in [6, 6.07) is -1.03. The highest BCUT2D eigenvalue weighted by molar-refractivity contribution is 5.92. The highest BCUT2D eigenvalue weighted by atomic mass is 35.5. The number of carboxylic acid groups (broad SMARTS) is 1. The van der Waals surface area contributed by atoms with Crippen LogP contribution in [0.3, 0.4) is 0 Å². The summed E-state index contributed by atoms with van der Waals surface area (Å²) in [6.45, 7) is 1.50. The molecular weight excluding hydrogens is 401 g/mol. The summed E-state index contributed by atoms with van der Waals surface area (Å²) in [5.41, 5.74) is 9.08. The molecule has 0 aliphatic rings. The summed E-state index contributed by atoms with van der Waals surface area (Å²) in [5, 5.41) is 20.7. The Labute approximate surface area is 171 Å². The number of carbonyl (C=O) groups is 3. The predicted molar refractivity (Wildman–Crippen MR) is 104 cm³/mol. The van der Waals surface area contributed by atoms with Crippen molar-refractivity contribution in [3.63, 3.8) is 0 Å². The number of nitrogens with one attached hydrogen (secondary N) is 2. The van der Waals surface area contributed by atoms with Gasteiger partial charge in [-0.3, -0.25) is 15.0 Å². The number of ether oxygens (including phenoxy) is 1. The van der Waals surface area contributed by atoms with Gasteiger partial charge < -0.3 is 35.9 Å². The molecule has 0 amide bonds. The molecule has 0 saturated carbocycles.